The minimum atomic E-state index is -1.62. The molecule has 2 aliphatic rings. The van der Waals surface area contributed by atoms with Gasteiger partial charge in [-0.25, -0.2) is 0 Å². The van der Waals surface area contributed by atoms with Crippen molar-refractivity contribution in [1.29, 1.82) is 0 Å². The summed E-state index contributed by atoms with van der Waals surface area (Å²) in [6.07, 6.45) is 20.1. The molecular formula is C43H82N2O10. The normalized spacial score (nSPS) is 23.7. The van der Waals surface area contributed by atoms with E-state index in [0.717, 1.165) is 96.4 Å². The molecule has 55 heavy (non-hydrogen) atoms. The summed E-state index contributed by atoms with van der Waals surface area (Å²) >= 11 is 0. The molecule has 8 N–H and O–H groups in total. The lowest BCUT2D eigenvalue weighted by Crippen LogP contribution is -2.60. The Kier molecular flexibility index (Phi) is 28.6. The van der Waals surface area contributed by atoms with Crippen LogP contribution >= 0.6 is 0 Å². The number of aliphatic hydroxyl groups is 6. The number of rotatable bonds is 33. The molecule has 1 aliphatic heterocycles. The second kappa shape index (κ2) is 31.6. The van der Waals surface area contributed by atoms with Gasteiger partial charge in [0.05, 0.1) is 25.4 Å². The zero-order valence-electron chi connectivity index (χ0n) is 34.4. The Hall–Kier alpha value is -1.38. The van der Waals surface area contributed by atoms with Crippen molar-refractivity contribution in [3.05, 3.63) is 0 Å². The maximum absolute atomic E-state index is 13.0. The summed E-state index contributed by atoms with van der Waals surface area (Å²) in [5.41, 5.74) is 0. The highest BCUT2D eigenvalue weighted by Crippen LogP contribution is 2.24. The van der Waals surface area contributed by atoms with Crippen molar-refractivity contribution in [2.75, 3.05) is 19.8 Å². The first-order chi connectivity index (χ1) is 26.7. The third-order valence-electron chi connectivity index (χ3n) is 11.7. The number of unbranched alkanes of at least 4 members (excludes halogenated alkanes) is 19. The predicted molar refractivity (Wildman–Crippen MR) is 215 cm³/mol. The molecule has 0 spiro atoms. The fourth-order valence-electron chi connectivity index (χ4n) is 7.91. The zero-order valence-corrected chi connectivity index (χ0v) is 34.4. The quantitative estimate of drug-likeness (QED) is 0.0382. The van der Waals surface area contributed by atoms with Gasteiger partial charge in [0.15, 0.2) is 6.29 Å². The van der Waals surface area contributed by atoms with Crippen LogP contribution < -0.4 is 10.6 Å². The number of hydrogen-bond acceptors (Lipinski definition) is 10. The Labute approximate surface area is 332 Å². The van der Waals surface area contributed by atoms with E-state index in [2.05, 4.69) is 17.6 Å². The maximum atomic E-state index is 13.0. The molecule has 2 fully saturated rings. The van der Waals surface area contributed by atoms with Gasteiger partial charge in [-0.1, -0.05) is 148 Å². The van der Waals surface area contributed by atoms with Crippen LogP contribution in [0.15, 0.2) is 0 Å². The minimum Gasteiger partial charge on any atom is -0.394 e. The van der Waals surface area contributed by atoms with Crippen LogP contribution in [0.2, 0.25) is 0 Å². The van der Waals surface area contributed by atoms with Crippen LogP contribution in [0.25, 0.3) is 0 Å². The molecule has 0 radical (unpaired) electrons. The molecule has 2 rings (SSSR count). The molecule has 0 aromatic heterocycles. The molecule has 0 aromatic carbocycles. The van der Waals surface area contributed by atoms with Crippen LogP contribution in [-0.2, 0) is 19.1 Å². The number of carbonyl (C=O) groups is 2. The van der Waals surface area contributed by atoms with Crippen LogP contribution in [-0.4, -0.2) is 111 Å². The second-order valence-electron chi connectivity index (χ2n) is 16.5. The molecule has 324 valence electrons. The van der Waals surface area contributed by atoms with Crippen LogP contribution in [0.1, 0.15) is 187 Å². The third-order valence-corrected chi connectivity index (χ3v) is 11.7. The van der Waals surface area contributed by atoms with Gasteiger partial charge in [0.1, 0.15) is 30.5 Å². The Morgan fingerprint density at radius 2 is 1.22 bits per heavy atom. The van der Waals surface area contributed by atoms with Gasteiger partial charge < -0.3 is 50.7 Å². The smallest absolute Gasteiger partial charge is 0.223 e. The number of hydrogen-bond donors (Lipinski definition) is 8. The van der Waals surface area contributed by atoms with E-state index < -0.39 is 55.6 Å². The number of carbonyl (C=O) groups excluding carboxylic acids is 2. The highest BCUT2D eigenvalue weighted by atomic mass is 16.7. The highest BCUT2D eigenvalue weighted by Gasteiger charge is 2.44. The second-order valence-corrected chi connectivity index (χ2v) is 16.5. The van der Waals surface area contributed by atoms with E-state index in [1.807, 2.05) is 0 Å². The topological polar surface area (TPSA) is 198 Å². The number of nitrogens with one attached hydrogen (secondary N) is 2. The monoisotopic (exact) mass is 787 g/mol. The average molecular weight is 787 g/mol. The predicted octanol–water partition coefficient (Wildman–Crippen LogP) is 5.70. The summed E-state index contributed by atoms with van der Waals surface area (Å²) < 4.78 is 11.1. The van der Waals surface area contributed by atoms with Crippen LogP contribution in [0.4, 0.5) is 0 Å². The summed E-state index contributed by atoms with van der Waals surface area (Å²) in [6.45, 7) is 2.08. The average Bonchev–Trinajstić information content (AvgIpc) is 3.19. The van der Waals surface area contributed by atoms with E-state index in [1.54, 1.807) is 0 Å². The summed E-state index contributed by atoms with van der Waals surface area (Å²) in [7, 11) is 0. The first-order valence-corrected chi connectivity index (χ1v) is 22.5. The number of aliphatic hydroxyl groups excluding tert-OH is 6. The van der Waals surface area contributed by atoms with Crippen molar-refractivity contribution in [3.63, 3.8) is 0 Å². The van der Waals surface area contributed by atoms with Gasteiger partial charge in [0, 0.05) is 18.9 Å². The van der Waals surface area contributed by atoms with Gasteiger partial charge >= 0.3 is 0 Å². The summed E-state index contributed by atoms with van der Waals surface area (Å²) in [4.78, 5) is 25.2. The van der Waals surface area contributed by atoms with Gasteiger partial charge in [-0.05, 0) is 32.1 Å². The molecule has 1 aliphatic carbocycles. The van der Waals surface area contributed by atoms with E-state index in [0.29, 0.717) is 12.8 Å². The Balaban J connectivity index is 1.67. The molecule has 0 aromatic rings. The Morgan fingerprint density at radius 3 is 1.78 bits per heavy atom. The molecule has 12 nitrogen and oxygen atoms in total. The van der Waals surface area contributed by atoms with Crippen molar-refractivity contribution < 1.29 is 49.7 Å². The summed E-state index contributed by atoms with van der Waals surface area (Å²) in [6, 6.07) is -1.01. The SMILES string of the molecule is CCCCCCCCCCCCCC[C@@H](O)[C@@H](O)[C@H](CO[C@H]1OC(CO)[C@H](O)[C@H](O)C1O)NC(=O)CCCCCCCCCCCNC(=O)C1CCCCC1. The molecule has 8 atom stereocenters. The number of amides is 2. The van der Waals surface area contributed by atoms with Crippen molar-refractivity contribution in [3.8, 4) is 0 Å². The molecule has 1 saturated carbocycles. The fraction of sp³-hybridized carbons (Fsp3) is 0.953. The van der Waals surface area contributed by atoms with E-state index in [4.69, 9.17) is 9.47 Å². The van der Waals surface area contributed by atoms with Crippen molar-refractivity contribution in [1.82, 2.24) is 10.6 Å². The van der Waals surface area contributed by atoms with Crippen LogP contribution in [0, 0.1) is 5.92 Å². The summed E-state index contributed by atoms with van der Waals surface area (Å²) in [5.74, 6) is 0.178. The lowest BCUT2D eigenvalue weighted by molar-refractivity contribution is -0.303. The molecule has 0 bridgehead atoms. The molecular weight excluding hydrogens is 704 g/mol. The van der Waals surface area contributed by atoms with E-state index in [9.17, 15) is 40.2 Å². The van der Waals surface area contributed by atoms with Crippen molar-refractivity contribution in [2.24, 2.45) is 5.92 Å². The van der Waals surface area contributed by atoms with Gasteiger partial charge in [-0.15, -0.1) is 0 Å². The van der Waals surface area contributed by atoms with Gasteiger partial charge in [-0.3, -0.25) is 9.59 Å². The zero-order chi connectivity index (χ0) is 40.1. The first-order valence-electron chi connectivity index (χ1n) is 22.5. The first kappa shape index (κ1) is 49.8. The number of ether oxygens (including phenoxy) is 2. The standard InChI is InChI=1S/C43H82N2O10/c1-2-3-4-5-6-7-8-9-11-14-17-23-28-35(47)38(49)34(32-54-43-41(52)40(51)39(50)36(31-46)55-43)45-37(48)29-24-18-15-12-10-13-16-19-25-30-44-42(53)33-26-21-20-22-27-33/h33-36,38-41,43,46-47,49-52H,2-32H2,1H3,(H,44,53)(H,45,48)/t34-,35+,36?,38-,39-,40-,41?,43-/m0/s1. The fourth-order valence-corrected chi connectivity index (χ4v) is 7.91. The Morgan fingerprint density at radius 1 is 0.691 bits per heavy atom. The largest absolute Gasteiger partial charge is 0.394 e. The lowest BCUT2D eigenvalue weighted by Gasteiger charge is -2.40. The molecule has 12 heteroatoms. The maximum Gasteiger partial charge on any atom is 0.223 e. The van der Waals surface area contributed by atoms with Crippen LogP contribution in [0.5, 0.6) is 0 Å². The van der Waals surface area contributed by atoms with Crippen molar-refractivity contribution in [2.45, 2.75) is 236 Å². The molecule has 1 heterocycles. The Bertz CT molecular complexity index is 952. The highest BCUT2D eigenvalue weighted by molar-refractivity contribution is 5.78. The van der Waals surface area contributed by atoms with E-state index in [-0.39, 0.29) is 30.8 Å². The molecule has 1 saturated heterocycles. The summed E-state index contributed by atoms with van der Waals surface area (Å²) in [5, 5.41) is 68.2. The minimum absolute atomic E-state index is 0.221. The van der Waals surface area contributed by atoms with Crippen molar-refractivity contribution >= 4 is 11.8 Å². The molecule has 2 amide bonds. The van der Waals surface area contributed by atoms with Gasteiger partial charge in [0.25, 0.3) is 0 Å². The van der Waals surface area contributed by atoms with Crippen LogP contribution in [0.3, 0.4) is 0 Å². The van der Waals surface area contributed by atoms with Gasteiger partial charge in [0.2, 0.25) is 11.8 Å². The lowest BCUT2D eigenvalue weighted by atomic mass is 9.88. The van der Waals surface area contributed by atoms with Gasteiger partial charge in [-0.2, -0.15) is 0 Å². The van der Waals surface area contributed by atoms with E-state index in [1.165, 1.54) is 70.6 Å². The van der Waals surface area contributed by atoms with E-state index >= 15 is 0 Å². The molecule has 2 unspecified atom stereocenters. The third kappa shape index (κ3) is 21.8.